The Morgan fingerprint density at radius 1 is 2.00 bits per heavy atom. The Kier molecular flexibility index (Phi) is 1.60. The highest BCUT2D eigenvalue weighted by atomic mass is 35.5. The fourth-order valence-corrected chi connectivity index (χ4v) is 0. The minimum absolute atomic E-state index is 1.44. The van der Waals surface area contributed by atoms with Gasteiger partial charge in [-0.15, -0.1) is 0 Å². The lowest BCUT2D eigenvalue weighted by molar-refractivity contribution is 0.165. The quantitative estimate of drug-likeness (QED) is 0.246. The van der Waals surface area contributed by atoms with Crippen LogP contribution in [0, 0.1) is 0 Å². The van der Waals surface area contributed by atoms with E-state index in [1.54, 1.807) is 0 Å². The minimum atomic E-state index is -1.44. The molecule has 4 heavy (non-hydrogen) atoms. The van der Waals surface area contributed by atoms with Crippen molar-refractivity contribution >= 4 is 11.6 Å². The molecule has 1 unspecified atom stereocenters. The van der Waals surface area contributed by atoms with Crippen molar-refractivity contribution in [1.29, 1.82) is 0 Å². The maximum Gasteiger partial charge on any atom is 0.216 e. The summed E-state index contributed by atoms with van der Waals surface area (Å²) in [7, 11) is 0. The number of rotatable bonds is 0. The van der Waals surface area contributed by atoms with E-state index in [0.717, 1.165) is 0 Å². The number of hydrogen-bond donors (Lipinski definition) is 1. The third-order valence-electron chi connectivity index (χ3n) is 0. The van der Waals surface area contributed by atoms with Crippen LogP contribution in [0.4, 0.5) is 0 Å². The highest BCUT2D eigenvalue weighted by Gasteiger charge is 1.76. The first-order valence-corrected chi connectivity index (χ1v) is 1.22. The van der Waals surface area contributed by atoms with Crippen molar-refractivity contribution in [2.75, 3.05) is 0 Å². The average Bonchev–Trinajstić information content (AvgIpc) is 0.811. The van der Waals surface area contributed by atoms with E-state index in [2.05, 4.69) is 17.3 Å². The van der Waals surface area contributed by atoms with Gasteiger partial charge in [0.05, 0.1) is 0 Å². The van der Waals surface area contributed by atoms with Gasteiger partial charge in [0.1, 0.15) is 0 Å². The first-order chi connectivity index (χ1) is 1.73. The molecule has 0 aromatic heterocycles. The molecular formula is CH3ClNO. The van der Waals surface area contributed by atoms with Crippen LogP contribution in [0.1, 0.15) is 0 Å². The van der Waals surface area contributed by atoms with E-state index >= 15 is 0 Å². The monoisotopic (exact) mass is 80.0 g/mol. The molecule has 0 saturated heterocycles. The summed E-state index contributed by atoms with van der Waals surface area (Å²) in [5.41, 5.74) is 2.88. The van der Waals surface area contributed by atoms with Gasteiger partial charge in [-0.25, -0.2) is 0 Å². The van der Waals surface area contributed by atoms with Crippen LogP contribution >= 0.6 is 11.6 Å². The largest absolute Gasteiger partial charge is 0.291 e. The molecule has 0 aliphatic heterocycles. The molecule has 0 aromatic rings. The van der Waals surface area contributed by atoms with Gasteiger partial charge in [0.25, 0.3) is 0 Å². The molecule has 1 atom stereocenters. The molecule has 0 aromatic carbocycles. The predicted octanol–water partition coefficient (Wildman–Crippen LogP) is -0.102. The highest BCUT2D eigenvalue weighted by Crippen LogP contribution is 1.70. The van der Waals surface area contributed by atoms with Crippen molar-refractivity contribution < 1.29 is 5.11 Å². The second kappa shape index (κ2) is 1.52. The first kappa shape index (κ1) is 4.21. The Balaban J connectivity index is 2.32. The lowest BCUT2D eigenvalue weighted by Crippen LogP contribution is -2.05. The maximum absolute atomic E-state index is 9.07. The molecule has 0 bridgehead atoms. The molecule has 0 saturated carbocycles. The fourth-order valence-electron chi connectivity index (χ4n) is 0. The Morgan fingerprint density at radius 3 is 2.00 bits per heavy atom. The second-order valence-electron chi connectivity index (χ2n) is 0.351. The summed E-state index contributed by atoms with van der Waals surface area (Å²) < 4.78 is 0. The number of halogens is 1. The van der Waals surface area contributed by atoms with Crippen LogP contribution in [0.5, 0.6) is 0 Å². The van der Waals surface area contributed by atoms with Gasteiger partial charge in [0.2, 0.25) is 5.69 Å². The number of hydrogen-bond acceptors (Lipinski definition) is 1. The van der Waals surface area contributed by atoms with Gasteiger partial charge in [-0.1, -0.05) is 11.6 Å². The van der Waals surface area contributed by atoms with Gasteiger partial charge in [0, 0.05) is 0 Å². The van der Waals surface area contributed by atoms with Crippen molar-refractivity contribution in [2.24, 2.45) is 5.73 Å². The molecule has 25 valence electrons. The van der Waals surface area contributed by atoms with E-state index in [9.17, 15) is 0 Å². The topological polar surface area (TPSA) is 45.9 Å². The summed E-state index contributed by atoms with van der Waals surface area (Å²) in [4.78, 5) is 0. The van der Waals surface area contributed by atoms with Crippen LogP contribution in [0.15, 0.2) is 0 Å². The van der Waals surface area contributed by atoms with Crippen molar-refractivity contribution in [1.82, 2.24) is 0 Å². The van der Waals surface area contributed by atoms with E-state index in [0.29, 0.717) is 0 Å². The zero-order valence-corrected chi connectivity index (χ0v) is 2.70. The van der Waals surface area contributed by atoms with Crippen molar-refractivity contribution in [2.45, 2.75) is 5.69 Å². The van der Waals surface area contributed by atoms with E-state index in [-0.39, 0.29) is 0 Å². The summed E-state index contributed by atoms with van der Waals surface area (Å²) in [6.45, 7) is 0. The average molecular weight is 80.5 g/mol. The molecule has 0 fully saturated rings. The van der Waals surface area contributed by atoms with Crippen LogP contribution in [-0.2, 0) is 5.11 Å². The highest BCUT2D eigenvalue weighted by molar-refractivity contribution is 6.18. The summed E-state index contributed by atoms with van der Waals surface area (Å²) in [6.07, 6.45) is 0. The molecule has 1 radical (unpaired) electrons. The molecular weight excluding hydrogens is 77.5 g/mol. The fraction of sp³-hybridized carbons (Fsp3) is 1.00. The number of alkyl halides is 1. The van der Waals surface area contributed by atoms with Gasteiger partial charge < -0.3 is 0 Å². The van der Waals surface area contributed by atoms with Crippen LogP contribution in [0.2, 0.25) is 0 Å². The Labute approximate surface area is 29.2 Å². The molecule has 2 N–H and O–H groups in total. The Hall–Kier alpha value is 0.210. The first-order valence-electron chi connectivity index (χ1n) is 0.787. The lowest BCUT2D eigenvalue weighted by atomic mass is 11.4. The van der Waals surface area contributed by atoms with Crippen LogP contribution < -0.4 is 5.73 Å². The van der Waals surface area contributed by atoms with Crippen molar-refractivity contribution in [3.8, 4) is 0 Å². The maximum atomic E-state index is 9.07. The molecule has 2 nitrogen and oxygen atoms in total. The van der Waals surface area contributed by atoms with Gasteiger partial charge in [-0.05, 0) is 0 Å². The summed E-state index contributed by atoms with van der Waals surface area (Å²) >= 11 is 4.50. The third kappa shape index (κ3) is 73.4. The van der Waals surface area contributed by atoms with Crippen LogP contribution in [-0.4, -0.2) is 5.69 Å². The van der Waals surface area contributed by atoms with E-state index < -0.39 is 5.69 Å². The third-order valence-corrected chi connectivity index (χ3v) is 0. The predicted molar refractivity (Wildman–Crippen MR) is 14.5 cm³/mol. The van der Waals surface area contributed by atoms with Gasteiger partial charge in [-0.3, -0.25) is 5.73 Å². The Morgan fingerprint density at radius 2 is 2.00 bits per heavy atom. The van der Waals surface area contributed by atoms with Gasteiger partial charge in [0.15, 0.2) is 0 Å². The molecule has 3 heteroatoms. The smallest absolute Gasteiger partial charge is 0.216 e. The SMILES string of the molecule is NC([O])Cl. The van der Waals surface area contributed by atoms with Crippen molar-refractivity contribution in [3.63, 3.8) is 0 Å². The summed E-state index contributed by atoms with van der Waals surface area (Å²) in [6, 6.07) is 0. The summed E-state index contributed by atoms with van der Waals surface area (Å²) in [5.74, 6) is 0. The molecule has 0 heterocycles. The zero-order valence-electron chi connectivity index (χ0n) is 1.94. The minimum Gasteiger partial charge on any atom is -0.291 e. The molecule has 0 amide bonds. The molecule has 0 aliphatic carbocycles. The summed E-state index contributed by atoms with van der Waals surface area (Å²) in [5, 5.41) is 9.07. The van der Waals surface area contributed by atoms with Crippen LogP contribution in [0.25, 0.3) is 0 Å². The zero-order chi connectivity index (χ0) is 3.58. The van der Waals surface area contributed by atoms with Crippen molar-refractivity contribution in [3.05, 3.63) is 0 Å². The van der Waals surface area contributed by atoms with E-state index in [1.165, 1.54) is 0 Å². The standard InChI is InChI=1S/CH3ClNO/c2-1(3)4/h1H,3H2. The second-order valence-corrected chi connectivity index (χ2v) is 0.781. The molecule has 0 aliphatic rings. The number of nitrogens with two attached hydrogens (primary N) is 1. The molecule has 0 rings (SSSR count). The molecule has 0 spiro atoms. The van der Waals surface area contributed by atoms with Gasteiger partial charge in [-0.2, -0.15) is 5.11 Å². The lowest BCUT2D eigenvalue weighted by Gasteiger charge is -1.73. The normalized spacial score (nSPS) is 15.8. The Bertz CT molecular complexity index is 12.8. The van der Waals surface area contributed by atoms with Gasteiger partial charge >= 0.3 is 0 Å². The van der Waals surface area contributed by atoms with E-state index in [4.69, 9.17) is 5.11 Å². The van der Waals surface area contributed by atoms with Crippen LogP contribution in [0.3, 0.4) is 0 Å². The van der Waals surface area contributed by atoms with E-state index in [1.807, 2.05) is 0 Å².